The average molecular weight is 248 g/mol. The molecule has 0 aromatic rings. The van der Waals surface area contributed by atoms with Crippen molar-refractivity contribution >= 4 is 11.8 Å². The Morgan fingerprint density at radius 1 is 1.12 bits per heavy atom. The Balaban J connectivity index is 3.34. The Bertz CT molecular complexity index is 238. The summed E-state index contributed by atoms with van der Waals surface area (Å²) in [5, 5.41) is 5.48. The third-order valence-electron chi connectivity index (χ3n) is 2.12. The fourth-order valence-corrected chi connectivity index (χ4v) is 1.16. The molecular weight excluding hydrogens is 227 g/mol. The van der Waals surface area contributed by atoms with Gasteiger partial charge in [-0.05, 0) is 38.9 Å². The molecule has 1 atom stereocenters. The van der Waals surface area contributed by atoms with Crippen LogP contribution in [0.4, 0.5) is 4.39 Å². The van der Waals surface area contributed by atoms with Crippen LogP contribution in [-0.2, 0) is 9.59 Å². The van der Waals surface area contributed by atoms with Crippen molar-refractivity contribution in [2.45, 2.75) is 25.4 Å². The number of carbonyl (C=O) groups excluding carboxylic acids is 2. The van der Waals surface area contributed by atoms with E-state index in [1.165, 1.54) is 0 Å². The number of halogens is 1. The van der Waals surface area contributed by atoms with Gasteiger partial charge in [0.1, 0.15) is 0 Å². The van der Waals surface area contributed by atoms with Crippen molar-refractivity contribution in [1.82, 2.24) is 10.6 Å². The predicted molar refractivity (Wildman–Crippen MR) is 62.9 cm³/mol. The molecule has 0 radical (unpaired) electrons. The van der Waals surface area contributed by atoms with Crippen molar-refractivity contribution in [3.63, 3.8) is 0 Å². The number of hydrogen-bond donors (Lipinski definition) is 4. The molecule has 0 fully saturated rings. The minimum absolute atomic E-state index is 0.338. The first-order valence-corrected chi connectivity index (χ1v) is 5.71. The first kappa shape index (κ1) is 15.8. The van der Waals surface area contributed by atoms with Crippen LogP contribution in [-0.4, -0.2) is 44.2 Å². The molecule has 100 valence electrons. The van der Waals surface area contributed by atoms with E-state index in [0.29, 0.717) is 19.5 Å². The highest BCUT2D eigenvalue weighted by atomic mass is 19.1. The monoisotopic (exact) mass is 248 g/mol. The van der Waals surface area contributed by atoms with Gasteiger partial charge in [-0.25, -0.2) is 4.39 Å². The van der Waals surface area contributed by atoms with Gasteiger partial charge >= 0.3 is 0 Å². The zero-order chi connectivity index (χ0) is 13.1. The second-order valence-electron chi connectivity index (χ2n) is 3.66. The van der Waals surface area contributed by atoms with Crippen LogP contribution < -0.4 is 22.1 Å². The van der Waals surface area contributed by atoms with Gasteiger partial charge in [0.2, 0.25) is 0 Å². The molecule has 7 heteroatoms. The van der Waals surface area contributed by atoms with E-state index in [4.69, 9.17) is 5.73 Å². The van der Waals surface area contributed by atoms with Gasteiger partial charge in [0.25, 0.3) is 18.0 Å². The van der Waals surface area contributed by atoms with Crippen LogP contribution in [0.15, 0.2) is 0 Å². The topological polar surface area (TPSA) is 110 Å². The Hall–Kier alpha value is -1.21. The zero-order valence-electron chi connectivity index (χ0n) is 9.88. The number of rotatable bonds is 10. The molecule has 6 N–H and O–H groups in total. The second-order valence-corrected chi connectivity index (χ2v) is 3.66. The molecular formula is C10H21FN4O2. The highest BCUT2D eigenvalue weighted by molar-refractivity contribution is 6.02. The molecule has 0 aliphatic carbocycles. The van der Waals surface area contributed by atoms with Crippen LogP contribution in [0.25, 0.3) is 0 Å². The summed E-state index contributed by atoms with van der Waals surface area (Å²) in [6.07, 6.45) is 0.252. The Morgan fingerprint density at radius 2 is 1.71 bits per heavy atom. The van der Waals surface area contributed by atoms with Gasteiger partial charge in [0.05, 0.1) is 0 Å². The minimum atomic E-state index is -2.25. The van der Waals surface area contributed by atoms with Crippen LogP contribution in [0.2, 0.25) is 0 Å². The maximum atomic E-state index is 12.7. The first-order chi connectivity index (χ1) is 8.09. The Kier molecular flexibility index (Phi) is 9.27. The number of nitrogens with one attached hydrogen (secondary N) is 2. The lowest BCUT2D eigenvalue weighted by atomic mass is 10.3. The van der Waals surface area contributed by atoms with E-state index in [1.807, 2.05) is 0 Å². The minimum Gasteiger partial charge on any atom is -0.367 e. The Morgan fingerprint density at radius 3 is 2.29 bits per heavy atom. The van der Waals surface area contributed by atoms with E-state index in [1.54, 1.807) is 0 Å². The molecule has 0 saturated carbocycles. The number of amides is 2. The van der Waals surface area contributed by atoms with Gasteiger partial charge in [-0.1, -0.05) is 0 Å². The van der Waals surface area contributed by atoms with Crippen molar-refractivity contribution in [1.29, 1.82) is 0 Å². The van der Waals surface area contributed by atoms with Crippen LogP contribution in [0, 0.1) is 0 Å². The maximum absolute atomic E-state index is 12.7. The summed E-state index contributed by atoms with van der Waals surface area (Å²) in [6, 6.07) is 0. The molecule has 2 amide bonds. The standard InChI is InChI=1S/C10H21FN4O2/c11-8(9(13)16)10(17)15-7-2-1-5-14-6-3-4-12/h8,14H,1-7,12H2,(H2,13,16)(H,15,17). The van der Waals surface area contributed by atoms with Crippen molar-refractivity contribution in [2.75, 3.05) is 26.2 Å². The van der Waals surface area contributed by atoms with Crippen molar-refractivity contribution in [3.8, 4) is 0 Å². The second kappa shape index (κ2) is 9.98. The summed E-state index contributed by atoms with van der Waals surface area (Å²) in [4.78, 5) is 21.3. The van der Waals surface area contributed by atoms with Crippen LogP contribution in [0.5, 0.6) is 0 Å². The molecule has 6 nitrogen and oxygen atoms in total. The number of carbonyl (C=O) groups is 2. The third-order valence-corrected chi connectivity index (χ3v) is 2.12. The number of primary amides is 1. The fourth-order valence-electron chi connectivity index (χ4n) is 1.16. The summed E-state index contributed by atoms with van der Waals surface area (Å²) < 4.78 is 12.7. The molecule has 0 aliphatic rings. The average Bonchev–Trinajstić information content (AvgIpc) is 2.31. The molecule has 17 heavy (non-hydrogen) atoms. The summed E-state index contributed by atoms with van der Waals surface area (Å²) in [5.41, 5.74) is 9.96. The molecule has 0 spiro atoms. The van der Waals surface area contributed by atoms with Crippen LogP contribution >= 0.6 is 0 Å². The van der Waals surface area contributed by atoms with E-state index < -0.39 is 18.0 Å². The molecule has 0 heterocycles. The van der Waals surface area contributed by atoms with Gasteiger partial charge in [-0.2, -0.15) is 0 Å². The molecule has 1 unspecified atom stereocenters. The normalized spacial score (nSPS) is 12.1. The van der Waals surface area contributed by atoms with Crippen LogP contribution in [0.3, 0.4) is 0 Å². The van der Waals surface area contributed by atoms with Gasteiger partial charge in [-0.15, -0.1) is 0 Å². The van der Waals surface area contributed by atoms with Crippen molar-refractivity contribution in [3.05, 3.63) is 0 Å². The molecule has 0 bridgehead atoms. The summed E-state index contributed by atoms with van der Waals surface area (Å²) >= 11 is 0. The lowest BCUT2D eigenvalue weighted by Gasteiger charge is -2.07. The smallest absolute Gasteiger partial charge is 0.264 e. The quantitative estimate of drug-likeness (QED) is 0.283. The molecule has 0 aromatic heterocycles. The Labute approximate surface area is 100 Å². The molecule has 0 rings (SSSR count). The molecule has 0 aromatic carbocycles. The van der Waals surface area contributed by atoms with E-state index in [2.05, 4.69) is 16.4 Å². The lowest BCUT2D eigenvalue weighted by molar-refractivity contribution is -0.134. The van der Waals surface area contributed by atoms with Gasteiger partial charge in [0, 0.05) is 6.54 Å². The largest absolute Gasteiger partial charge is 0.367 e. The number of unbranched alkanes of at least 4 members (excludes halogenated alkanes) is 1. The van der Waals surface area contributed by atoms with E-state index in [-0.39, 0.29) is 0 Å². The van der Waals surface area contributed by atoms with Crippen molar-refractivity contribution in [2.24, 2.45) is 11.5 Å². The van der Waals surface area contributed by atoms with E-state index in [0.717, 1.165) is 25.9 Å². The van der Waals surface area contributed by atoms with Crippen molar-refractivity contribution < 1.29 is 14.0 Å². The maximum Gasteiger partial charge on any atom is 0.264 e. The summed E-state index contributed by atoms with van der Waals surface area (Å²) in [6.45, 7) is 2.70. The zero-order valence-corrected chi connectivity index (χ0v) is 9.88. The highest BCUT2D eigenvalue weighted by Crippen LogP contribution is 1.90. The predicted octanol–water partition coefficient (Wildman–Crippen LogP) is -1.36. The van der Waals surface area contributed by atoms with Gasteiger partial charge in [-0.3, -0.25) is 9.59 Å². The van der Waals surface area contributed by atoms with Gasteiger partial charge in [0.15, 0.2) is 0 Å². The lowest BCUT2D eigenvalue weighted by Crippen LogP contribution is -2.40. The summed E-state index contributed by atoms with van der Waals surface area (Å²) in [5.74, 6) is -2.22. The van der Waals surface area contributed by atoms with E-state index in [9.17, 15) is 14.0 Å². The van der Waals surface area contributed by atoms with Crippen LogP contribution in [0.1, 0.15) is 19.3 Å². The third kappa shape index (κ3) is 8.58. The first-order valence-electron chi connectivity index (χ1n) is 5.71. The number of hydrogen-bond acceptors (Lipinski definition) is 4. The van der Waals surface area contributed by atoms with Gasteiger partial charge < -0.3 is 22.1 Å². The number of nitrogens with two attached hydrogens (primary N) is 2. The fraction of sp³-hybridized carbons (Fsp3) is 0.800. The molecule has 0 aliphatic heterocycles. The van der Waals surface area contributed by atoms with E-state index >= 15 is 0 Å². The summed E-state index contributed by atoms with van der Waals surface area (Å²) in [7, 11) is 0. The molecule has 0 saturated heterocycles. The SMILES string of the molecule is NCCCNCCCCNC(=O)C(F)C(N)=O. The highest BCUT2D eigenvalue weighted by Gasteiger charge is 2.22. The number of alkyl halides is 1.